The van der Waals surface area contributed by atoms with Crippen molar-refractivity contribution < 1.29 is 4.79 Å². The van der Waals surface area contributed by atoms with Crippen LogP contribution in [0.15, 0.2) is 18.3 Å². The second-order valence-electron chi connectivity index (χ2n) is 5.93. The molecular weight excluding hydrogens is 278 g/mol. The summed E-state index contributed by atoms with van der Waals surface area (Å²) in [6.45, 7) is 4.47. The van der Waals surface area contributed by atoms with E-state index >= 15 is 0 Å². The van der Waals surface area contributed by atoms with Crippen molar-refractivity contribution in [3.8, 4) is 0 Å². The molecule has 0 unspecified atom stereocenters. The van der Waals surface area contributed by atoms with Crippen LogP contribution in [-0.4, -0.2) is 56.2 Å². The zero-order valence-electron chi connectivity index (χ0n) is 13.6. The van der Waals surface area contributed by atoms with Gasteiger partial charge in [-0.2, -0.15) is 0 Å². The van der Waals surface area contributed by atoms with Crippen LogP contribution in [0.5, 0.6) is 0 Å². The van der Waals surface area contributed by atoms with Gasteiger partial charge < -0.3 is 20.4 Å². The fourth-order valence-corrected chi connectivity index (χ4v) is 2.57. The molecule has 6 nitrogen and oxygen atoms in total. The maximum absolute atomic E-state index is 11.8. The van der Waals surface area contributed by atoms with Crippen molar-refractivity contribution in [2.45, 2.75) is 25.8 Å². The molecule has 1 fully saturated rings. The van der Waals surface area contributed by atoms with Crippen LogP contribution in [0.3, 0.4) is 0 Å². The summed E-state index contributed by atoms with van der Waals surface area (Å²) in [5.74, 6) is 0.893. The third-order valence-electron chi connectivity index (χ3n) is 3.88. The molecule has 0 spiro atoms. The maximum Gasteiger partial charge on any atom is 0.315 e. The van der Waals surface area contributed by atoms with Gasteiger partial charge in [-0.15, -0.1) is 0 Å². The number of anilines is 1. The van der Waals surface area contributed by atoms with Crippen molar-refractivity contribution in [3.05, 3.63) is 23.9 Å². The first kappa shape index (κ1) is 16.5. The normalized spacial score (nSPS) is 15.4. The summed E-state index contributed by atoms with van der Waals surface area (Å²) in [6, 6.07) is 3.79. The molecule has 1 aromatic rings. The first-order valence-electron chi connectivity index (χ1n) is 8.01. The van der Waals surface area contributed by atoms with Crippen molar-refractivity contribution >= 4 is 11.8 Å². The van der Waals surface area contributed by atoms with E-state index in [1.54, 1.807) is 6.20 Å². The zero-order chi connectivity index (χ0) is 15.8. The largest absolute Gasteiger partial charge is 0.363 e. The molecule has 122 valence electrons. The van der Waals surface area contributed by atoms with Crippen LogP contribution < -0.4 is 15.5 Å². The topological polar surface area (TPSA) is 60.5 Å². The number of nitrogens with one attached hydrogen (secondary N) is 2. The van der Waals surface area contributed by atoms with Gasteiger partial charge in [0.25, 0.3) is 0 Å². The lowest BCUT2D eigenvalue weighted by molar-refractivity contribution is 0.220. The molecule has 22 heavy (non-hydrogen) atoms. The van der Waals surface area contributed by atoms with Gasteiger partial charge in [0.1, 0.15) is 5.82 Å². The fourth-order valence-electron chi connectivity index (χ4n) is 2.57. The summed E-state index contributed by atoms with van der Waals surface area (Å²) >= 11 is 0. The van der Waals surface area contributed by atoms with Gasteiger partial charge in [0.05, 0.1) is 0 Å². The molecular formula is C16H27N5O. The van der Waals surface area contributed by atoms with Gasteiger partial charge in [-0.05, 0) is 43.6 Å². The van der Waals surface area contributed by atoms with E-state index in [0.29, 0.717) is 13.1 Å². The quantitative estimate of drug-likeness (QED) is 0.835. The van der Waals surface area contributed by atoms with E-state index in [2.05, 4.69) is 20.5 Å². The summed E-state index contributed by atoms with van der Waals surface area (Å²) in [5, 5.41) is 5.81. The molecule has 0 saturated carbocycles. The molecule has 6 heteroatoms. The molecule has 1 aromatic heterocycles. The Kier molecular flexibility index (Phi) is 6.45. The van der Waals surface area contributed by atoms with Gasteiger partial charge in [0.2, 0.25) is 0 Å². The third kappa shape index (κ3) is 5.52. The molecule has 1 saturated heterocycles. The Morgan fingerprint density at radius 3 is 2.77 bits per heavy atom. The van der Waals surface area contributed by atoms with Crippen molar-refractivity contribution in [1.82, 2.24) is 20.5 Å². The number of hydrogen-bond acceptors (Lipinski definition) is 4. The number of amides is 2. The zero-order valence-corrected chi connectivity index (χ0v) is 13.6. The Morgan fingerprint density at radius 1 is 1.27 bits per heavy atom. The average molecular weight is 305 g/mol. The molecule has 2 N–H and O–H groups in total. The summed E-state index contributed by atoms with van der Waals surface area (Å²) in [5.41, 5.74) is 1.05. The van der Waals surface area contributed by atoms with E-state index in [-0.39, 0.29) is 6.03 Å². The Balaban J connectivity index is 1.65. The van der Waals surface area contributed by atoms with E-state index < -0.39 is 0 Å². The summed E-state index contributed by atoms with van der Waals surface area (Å²) < 4.78 is 0. The van der Waals surface area contributed by atoms with Crippen molar-refractivity contribution in [1.29, 1.82) is 0 Å². The predicted molar refractivity (Wildman–Crippen MR) is 89.1 cm³/mol. The summed E-state index contributed by atoms with van der Waals surface area (Å²) in [6.07, 6.45) is 5.66. The number of urea groups is 1. The minimum Gasteiger partial charge on any atom is -0.363 e. The molecule has 2 amide bonds. The number of carbonyl (C=O) groups is 1. The highest BCUT2D eigenvalue weighted by Gasteiger charge is 2.09. The summed E-state index contributed by atoms with van der Waals surface area (Å²) in [4.78, 5) is 20.4. The first-order chi connectivity index (χ1) is 10.6. The van der Waals surface area contributed by atoms with E-state index in [1.807, 2.05) is 31.1 Å². The first-order valence-corrected chi connectivity index (χ1v) is 8.01. The standard InChI is InChI=1S/C16H27N5O/c1-20(2)15-12-14(6-7-17-15)13-19-16(22)18-8-11-21-9-4-3-5-10-21/h6-7,12H,3-5,8-11,13H2,1-2H3,(H2,18,19,22). The van der Waals surface area contributed by atoms with Crippen molar-refractivity contribution in [3.63, 3.8) is 0 Å². The van der Waals surface area contributed by atoms with Gasteiger partial charge in [-0.3, -0.25) is 0 Å². The fraction of sp³-hybridized carbons (Fsp3) is 0.625. The van der Waals surface area contributed by atoms with Gasteiger partial charge in [0.15, 0.2) is 0 Å². The van der Waals surface area contributed by atoms with Crippen LogP contribution in [0.4, 0.5) is 10.6 Å². The molecule has 1 aliphatic heterocycles. The number of hydrogen-bond donors (Lipinski definition) is 2. The number of aromatic nitrogens is 1. The molecule has 0 atom stereocenters. The minimum atomic E-state index is -0.111. The van der Waals surface area contributed by atoms with Crippen LogP contribution in [0.1, 0.15) is 24.8 Å². The maximum atomic E-state index is 11.8. The van der Waals surface area contributed by atoms with Crippen molar-refractivity contribution in [2.75, 3.05) is 45.2 Å². The minimum absolute atomic E-state index is 0.111. The average Bonchev–Trinajstić information content (AvgIpc) is 2.54. The van der Waals surface area contributed by atoms with Crippen LogP contribution in [0.25, 0.3) is 0 Å². The third-order valence-corrected chi connectivity index (χ3v) is 3.88. The Labute approximate surface area is 132 Å². The second-order valence-corrected chi connectivity index (χ2v) is 5.93. The van der Waals surface area contributed by atoms with Gasteiger partial charge in [0, 0.05) is 39.9 Å². The Bertz CT molecular complexity index is 471. The van der Waals surface area contributed by atoms with Crippen LogP contribution in [0.2, 0.25) is 0 Å². The number of likely N-dealkylation sites (tertiary alicyclic amines) is 1. The van der Waals surface area contributed by atoms with Crippen LogP contribution in [-0.2, 0) is 6.54 Å². The highest BCUT2D eigenvalue weighted by Crippen LogP contribution is 2.09. The van der Waals surface area contributed by atoms with E-state index in [1.165, 1.54) is 19.3 Å². The second kappa shape index (κ2) is 8.58. The lowest BCUT2D eigenvalue weighted by atomic mass is 10.1. The smallest absolute Gasteiger partial charge is 0.315 e. The summed E-state index contributed by atoms with van der Waals surface area (Å²) in [7, 11) is 3.90. The van der Waals surface area contributed by atoms with Gasteiger partial charge in [-0.1, -0.05) is 6.42 Å². The van der Waals surface area contributed by atoms with E-state index in [4.69, 9.17) is 0 Å². The van der Waals surface area contributed by atoms with E-state index in [9.17, 15) is 4.79 Å². The Morgan fingerprint density at radius 2 is 2.05 bits per heavy atom. The molecule has 0 aromatic carbocycles. The monoisotopic (exact) mass is 305 g/mol. The molecule has 0 bridgehead atoms. The number of piperidine rings is 1. The number of rotatable bonds is 6. The molecule has 0 radical (unpaired) electrons. The lowest BCUT2D eigenvalue weighted by Gasteiger charge is -2.26. The molecule has 2 heterocycles. The predicted octanol–water partition coefficient (Wildman–Crippen LogP) is 1.43. The van der Waals surface area contributed by atoms with Gasteiger partial charge >= 0.3 is 6.03 Å². The van der Waals surface area contributed by atoms with Gasteiger partial charge in [-0.25, -0.2) is 9.78 Å². The molecule has 2 rings (SSSR count). The molecule has 1 aliphatic rings. The lowest BCUT2D eigenvalue weighted by Crippen LogP contribution is -2.41. The number of carbonyl (C=O) groups excluding carboxylic acids is 1. The van der Waals surface area contributed by atoms with E-state index in [0.717, 1.165) is 31.0 Å². The van der Waals surface area contributed by atoms with Crippen LogP contribution in [0, 0.1) is 0 Å². The number of pyridine rings is 1. The highest BCUT2D eigenvalue weighted by atomic mass is 16.2. The number of nitrogens with zero attached hydrogens (tertiary/aromatic N) is 3. The highest BCUT2D eigenvalue weighted by molar-refractivity contribution is 5.73. The SMILES string of the molecule is CN(C)c1cc(CNC(=O)NCCN2CCCCC2)ccn1. The van der Waals surface area contributed by atoms with Crippen molar-refractivity contribution in [2.24, 2.45) is 0 Å². The van der Waals surface area contributed by atoms with Crippen LogP contribution >= 0.6 is 0 Å². The Hall–Kier alpha value is -1.82. The molecule has 0 aliphatic carbocycles.